The molecule has 2 amide bonds. The number of nitrogens with one attached hydrogen (secondary N) is 2. The number of carbonyl (C=O) groups is 2. The average molecular weight is 278 g/mol. The Morgan fingerprint density at radius 2 is 2.30 bits per heavy atom. The van der Waals surface area contributed by atoms with Gasteiger partial charge in [-0.2, -0.15) is 0 Å². The molecule has 0 aliphatic carbocycles. The highest BCUT2D eigenvalue weighted by Gasteiger charge is 2.21. The van der Waals surface area contributed by atoms with E-state index in [-0.39, 0.29) is 23.4 Å². The first-order valence-corrected chi connectivity index (χ1v) is 6.50. The predicted octanol–water partition coefficient (Wildman–Crippen LogP) is 0.270. The molecular formula is C13H18N4O3. The van der Waals surface area contributed by atoms with E-state index in [0.29, 0.717) is 5.69 Å². The molecule has 2 heterocycles. The van der Waals surface area contributed by atoms with Gasteiger partial charge in [0.15, 0.2) is 0 Å². The smallest absolute Gasteiger partial charge is 0.254 e. The van der Waals surface area contributed by atoms with Crippen LogP contribution in [0.15, 0.2) is 12.3 Å². The Morgan fingerprint density at radius 1 is 1.50 bits per heavy atom. The van der Waals surface area contributed by atoms with E-state index in [9.17, 15) is 9.59 Å². The zero-order valence-electron chi connectivity index (χ0n) is 11.3. The van der Waals surface area contributed by atoms with Gasteiger partial charge in [0.25, 0.3) is 5.91 Å². The summed E-state index contributed by atoms with van der Waals surface area (Å²) in [5.74, 6) is -0.639. The lowest BCUT2D eigenvalue weighted by atomic mass is 10.0. The first-order valence-electron chi connectivity index (χ1n) is 6.50. The Balaban J connectivity index is 2.10. The van der Waals surface area contributed by atoms with Gasteiger partial charge in [-0.15, -0.1) is 0 Å². The van der Waals surface area contributed by atoms with E-state index in [0.717, 1.165) is 25.8 Å². The van der Waals surface area contributed by atoms with Crippen molar-refractivity contribution in [1.29, 1.82) is 0 Å². The summed E-state index contributed by atoms with van der Waals surface area (Å²) in [5.41, 5.74) is 5.82. The van der Waals surface area contributed by atoms with Crippen molar-refractivity contribution < 1.29 is 14.3 Å². The third-order valence-corrected chi connectivity index (χ3v) is 3.20. The topological polar surface area (TPSA) is 106 Å². The van der Waals surface area contributed by atoms with Gasteiger partial charge in [-0.1, -0.05) is 6.42 Å². The number of hydrogen-bond acceptors (Lipinski definition) is 5. The van der Waals surface area contributed by atoms with Crippen LogP contribution in [0.2, 0.25) is 0 Å². The van der Waals surface area contributed by atoms with Crippen LogP contribution in [-0.2, 0) is 4.79 Å². The molecule has 0 spiro atoms. The third-order valence-electron chi connectivity index (χ3n) is 3.20. The van der Waals surface area contributed by atoms with Crippen LogP contribution in [0.4, 0.5) is 5.69 Å². The van der Waals surface area contributed by atoms with E-state index < -0.39 is 5.91 Å². The number of nitrogens with zero attached hydrogens (tertiary/aromatic N) is 1. The van der Waals surface area contributed by atoms with Crippen LogP contribution < -0.4 is 21.1 Å². The number of rotatable bonds is 4. The molecule has 0 bridgehead atoms. The molecule has 7 heteroatoms. The first-order chi connectivity index (χ1) is 9.61. The number of methoxy groups -OCH3 is 1. The fourth-order valence-corrected chi connectivity index (χ4v) is 2.16. The van der Waals surface area contributed by atoms with Gasteiger partial charge in [-0.05, 0) is 25.5 Å². The van der Waals surface area contributed by atoms with E-state index in [2.05, 4.69) is 15.6 Å². The van der Waals surface area contributed by atoms with Crippen LogP contribution >= 0.6 is 0 Å². The lowest BCUT2D eigenvalue weighted by Crippen LogP contribution is -2.43. The van der Waals surface area contributed by atoms with Crippen LogP contribution in [0.5, 0.6) is 5.88 Å². The highest BCUT2D eigenvalue weighted by molar-refractivity contribution is 5.99. The minimum Gasteiger partial charge on any atom is -0.480 e. The van der Waals surface area contributed by atoms with Crippen LogP contribution in [0.1, 0.15) is 29.6 Å². The maximum atomic E-state index is 12.1. The Bertz CT molecular complexity index is 512. The maximum Gasteiger partial charge on any atom is 0.254 e. The van der Waals surface area contributed by atoms with Gasteiger partial charge in [-0.25, -0.2) is 4.98 Å². The van der Waals surface area contributed by atoms with Crippen molar-refractivity contribution in [3.8, 4) is 5.88 Å². The van der Waals surface area contributed by atoms with Gasteiger partial charge in [0, 0.05) is 0 Å². The molecule has 1 aromatic rings. The quantitative estimate of drug-likeness (QED) is 0.733. The molecule has 4 N–H and O–H groups in total. The van der Waals surface area contributed by atoms with E-state index in [1.54, 1.807) is 0 Å². The Hall–Kier alpha value is -2.15. The zero-order chi connectivity index (χ0) is 14.5. The third kappa shape index (κ3) is 3.24. The Kier molecular flexibility index (Phi) is 4.52. The van der Waals surface area contributed by atoms with Crippen molar-refractivity contribution in [3.05, 3.63) is 17.8 Å². The standard InChI is InChI=1S/C13H18N4O3/c1-20-13-9(11(14)18)6-8(7-16-13)17-12(19)10-4-2-3-5-15-10/h6-7,10,15H,2-5H2,1H3,(H2,14,18)(H,17,19)/t10-/m1/s1. The normalized spacial score (nSPS) is 18.4. The second-order valence-electron chi connectivity index (χ2n) is 4.64. The molecule has 1 aromatic heterocycles. The van der Waals surface area contributed by atoms with Crippen LogP contribution in [-0.4, -0.2) is 36.5 Å². The van der Waals surface area contributed by atoms with Gasteiger partial charge in [0.2, 0.25) is 11.8 Å². The molecule has 108 valence electrons. The van der Waals surface area contributed by atoms with E-state index in [1.165, 1.54) is 19.4 Å². The summed E-state index contributed by atoms with van der Waals surface area (Å²) in [5, 5.41) is 5.88. The van der Waals surface area contributed by atoms with Crippen molar-refractivity contribution in [2.24, 2.45) is 5.73 Å². The van der Waals surface area contributed by atoms with Gasteiger partial charge >= 0.3 is 0 Å². The van der Waals surface area contributed by atoms with Crippen molar-refractivity contribution in [2.75, 3.05) is 19.0 Å². The minimum absolute atomic E-state index is 0.132. The Labute approximate surface area is 116 Å². The maximum absolute atomic E-state index is 12.1. The molecule has 7 nitrogen and oxygen atoms in total. The summed E-state index contributed by atoms with van der Waals surface area (Å²) in [6, 6.07) is 1.26. The minimum atomic E-state index is -0.652. The zero-order valence-corrected chi connectivity index (χ0v) is 11.3. The molecule has 0 unspecified atom stereocenters. The van der Waals surface area contributed by atoms with Crippen molar-refractivity contribution in [2.45, 2.75) is 25.3 Å². The lowest BCUT2D eigenvalue weighted by molar-refractivity contribution is -0.118. The highest BCUT2D eigenvalue weighted by Crippen LogP contribution is 2.19. The number of amides is 2. The molecule has 1 aliphatic heterocycles. The monoisotopic (exact) mass is 278 g/mol. The summed E-state index contributed by atoms with van der Waals surface area (Å²) in [6.45, 7) is 0.839. The van der Waals surface area contributed by atoms with Gasteiger partial charge in [-0.3, -0.25) is 9.59 Å². The molecule has 0 radical (unpaired) electrons. The Morgan fingerprint density at radius 3 is 2.90 bits per heavy atom. The number of pyridine rings is 1. The second kappa shape index (κ2) is 6.33. The second-order valence-corrected chi connectivity index (χ2v) is 4.64. The van der Waals surface area contributed by atoms with Crippen LogP contribution in [0.3, 0.4) is 0 Å². The molecule has 0 aromatic carbocycles. The summed E-state index contributed by atoms with van der Waals surface area (Å²) >= 11 is 0. The number of ether oxygens (including phenoxy) is 1. The number of nitrogens with two attached hydrogens (primary N) is 1. The number of hydrogen-bond donors (Lipinski definition) is 3. The van der Waals surface area contributed by atoms with Crippen molar-refractivity contribution in [3.63, 3.8) is 0 Å². The lowest BCUT2D eigenvalue weighted by Gasteiger charge is -2.22. The molecule has 1 saturated heterocycles. The summed E-state index contributed by atoms with van der Waals surface area (Å²) < 4.78 is 4.95. The van der Waals surface area contributed by atoms with Crippen molar-refractivity contribution in [1.82, 2.24) is 10.3 Å². The SMILES string of the molecule is COc1ncc(NC(=O)[C@H]2CCCCN2)cc1C(N)=O. The van der Waals surface area contributed by atoms with Crippen LogP contribution in [0, 0.1) is 0 Å². The highest BCUT2D eigenvalue weighted by atomic mass is 16.5. The molecule has 1 atom stereocenters. The van der Waals surface area contributed by atoms with E-state index in [4.69, 9.17) is 10.5 Å². The number of carbonyl (C=O) groups excluding carboxylic acids is 2. The van der Waals surface area contributed by atoms with Gasteiger partial charge in [0.1, 0.15) is 5.56 Å². The number of anilines is 1. The van der Waals surface area contributed by atoms with Crippen molar-refractivity contribution >= 4 is 17.5 Å². The molecule has 1 fully saturated rings. The first kappa shape index (κ1) is 14.3. The summed E-state index contributed by atoms with van der Waals surface area (Å²) in [4.78, 5) is 27.3. The fourth-order valence-electron chi connectivity index (χ4n) is 2.16. The summed E-state index contributed by atoms with van der Waals surface area (Å²) in [7, 11) is 1.40. The largest absolute Gasteiger partial charge is 0.480 e. The fraction of sp³-hybridized carbons (Fsp3) is 0.462. The van der Waals surface area contributed by atoms with Gasteiger partial charge < -0.3 is 21.1 Å². The average Bonchev–Trinajstić information content (AvgIpc) is 2.48. The van der Waals surface area contributed by atoms with Gasteiger partial charge in [0.05, 0.1) is 25.0 Å². The van der Waals surface area contributed by atoms with E-state index in [1.807, 2.05) is 0 Å². The molecule has 0 saturated carbocycles. The van der Waals surface area contributed by atoms with E-state index >= 15 is 0 Å². The molecular weight excluding hydrogens is 260 g/mol. The molecule has 2 rings (SSSR count). The predicted molar refractivity (Wildman–Crippen MR) is 73.6 cm³/mol. The molecule has 20 heavy (non-hydrogen) atoms. The molecule has 1 aliphatic rings. The number of primary amides is 1. The van der Waals surface area contributed by atoms with Crippen LogP contribution in [0.25, 0.3) is 0 Å². The number of aromatic nitrogens is 1. The number of piperidine rings is 1. The summed E-state index contributed by atoms with van der Waals surface area (Å²) in [6.07, 6.45) is 4.35.